The van der Waals surface area contributed by atoms with E-state index in [1.54, 1.807) is 11.1 Å². The number of likely N-dealkylation sites (tertiary alicyclic amines) is 1. The van der Waals surface area contributed by atoms with E-state index >= 15 is 0 Å². The highest BCUT2D eigenvalue weighted by Crippen LogP contribution is 2.37. The number of aromatic nitrogens is 1. The van der Waals surface area contributed by atoms with E-state index in [9.17, 15) is 4.79 Å². The van der Waals surface area contributed by atoms with E-state index < -0.39 is 0 Å². The van der Waals surface area contributed by atoms with Crippen molar-refractivity contribution >= 4 is 23.2 Å². The Balaban J connectivity index is 2.03. The third kappa shape index (κ3) is 2.55. The van der Waals surface area contributed by atoms with Crippen LogP contribution in [0.15, 0.2) is 6.20 Å². The van der Waals surface area contributed by atoms with E-state index in [2.05, 4.69) is 16.9 Å². The SMILES string of the molecule is Cc1c(Cl)cnc2c1N(C)C(=O)[C@@H]1CN(C)CCC1CC2. The second kappa shape index (κ2) is 5.58. The Morgan fingerprint density at radius 1 is 1.33 bits per heavy atom. The van der Waals surface area contributed by atoms with E-state index in [1.165, 1.54) is 0 Å². The van der Waals surface area contributed by atoms with Gasteiger partial charge >= 0.3 is 0 Å². The Morgan fingerprint density at radius 3 is 2.86 bits per heavy atom. The number of amides is 1. The van der Waals surface area contributed by atoms with E-state index in [1.807, 2.05) is 14.0 Å². The fourth-order valence-electron chi connectivity index (χ4n) is 3.72. The number of hydrogen-bond acceptors (Lipinski definition) is 3. The molecule has 1 fully saturated rings. The maximum atomic E-state index is 12.9. The summed E-state index contributed by atoms with van der Waals surface area (Å²) >= 11 is 6.20. The molecule has 1 unspecified atom stereocenters. The van der Waals surface area contributed by atoms with Crippen molar-refractivity contribution in [2.75, 3.05) is 32.1 Å². The summed E-state index contributed by atoms with van der Waals surface area (Å²) in [5, 5.41) is 0.631. The third-order valence-electron chi connectivity index (χ3n) is 5.01. The van der Waals surface area contributed by atoms with E-state index in [0.29, 0.717) is 10.9 Å². The van der Waals surface area contributed by atoms with E-state index in [-0.39, 0.29) is 11.8 Å². The summed E-state index contributed by atoms with van der Waals surface area (Å²) in [6.07, 6.45) is 4.78. The van der Waals surface area contributed by atoms with Crippen LogP contribution in [0.1, 0.15) is 24.1 Å². The average molecular weight is 308 g/mol. The second-order valence-corrected chi connectivity index (χ2v) is 6.79. The number of carbonyl (C=O) groups excluding carboxylic acids is 1. The van der Waals surface area contributed by atoms with Crippen molar-refractivity contribution in [2.24, 2.45) is 11.8 Å². The molecule has 2 aliphatic rings. The molecule has 21 heavy (non-hydrogen) atoms. The zero-order valence-electron chi connectivity index (χ0n) is 12.9. The van der Waals surface area contributed by atoms with Crippen molar-refractivity contribution in [1.82, 2.24) is 9.88 Å². The minimum absolute atomic E-state index is 0.0975. The summed E-state index contributed by atoms with van der Waals surface area (Å²) in [5.41, 5.74) is 2.88. The minimum atomic E-state index is 0.0975. The van der Waals surface area contributed by atoms with Crippen molar-refractivity contribution in [2.45, 2.75) is 26.2 Å². The highest BCUT2D eigenvalue weighted by Gasteiger charge is 2.37. The zero-order chi connectivity index (χ0) is 15.1. The standard InChI is InChI=1S/C16H22ClN3O/c1-10-13(17)8-18-14-5-4-11-6-7-19(2)9-12(11)16(21)20(3)15(10)14/h8,11-12H,4-7,9H2,1-3H3/t11?,12-/m1/s1. The fourth-order valence-corrected chi connectivity index (χ4v) is 3.86. The van der Waals surface area contributed by atoms with Crippen molar-refractivity contribution in [3.8, 4) is 0 Å². The van der Waals surface area contributed by atoms with Gasteiger partial charge in [-0.1, -0.05) is 11.6 Å². The van der Waals surface area contributed by atoms with Crippen LogP contribution in [0.2, 0.25) is 5.02 Å². The van der Waals surface area contributed by atoms with Gasteiger partial charge in [-0.2, -0.15) is 0 Å². The van der Waals surface area contributed by atoms with Crippen LogP contribution in [0, 0.1) is 18.8 Å². The molecule has 0 aliphatic carbocycles. The van der Waals surface area contributed by atoms with Crippen molar-refractivity contribution < 1.29 is 4.79 Å². The number of aryl methyl sites for hydroxylation is 1. The molecule has 0 bridgehead atoms. The number of hydrogen-bond donors (Lipinski definition) is 0. The maximum Gasteiger partial charge on any atom is 0.231 e. The number of rotatable bonds is 0. The van der Waals surface area contributed by atoms with Gasteiger partial charge in [-0.05, 0) is 51.3 Å². The van der Waals surface area contributed by atoms with Crippen molar-refractivity contribution in [1.29, 1.82) is 0 Å². The van der Waals surface area contributed by atoms with Crippen LogP contribution >= 0.6 is 11.6 Å². The highest BCUT2D eigenvalue weighted by molar-refractivity contribution is 6.31. The Kier molecular flexibility index (Phi) is 3.93. The first-order valence-corrected chi connectivity index (χ1v) is 7.97. The van der Waals surface area contributed by atoms with Gasteiger partial charge in [0, 0.05) is 19.8 Å². The molecule has 3 rings (SSSR count). The van der Waals surface area contributed by atoms with E-state index in [4.69, 9.17) is 11.6 Å². The summed E-state index contributed by atoms with van der Waals surface area (Å²) < 4.78 is 0. The Bertz CT molecular complexity index is 575. The van der Waals surface area contributed by atoms with Crippen LogP contribution in [-0.4, -0.2) is 43.0 Å². The van der Waals surface area contributed by atoms with Crippen molar-refractivity contribution in [3.63, 3.8) is 0 Å². The van der Waals surface area contributed by atoms with E-state index in [0.717, 1.165) is 49.3 Å². The van der Waals surface area contributed by atoms with Gasteiger partial charge in [0.15, 0.2) is 0 Å². The quantitative estimate of drug-likeness (QED) is 0.739. The number of anilines is 1. The molecule has 1 aromatic rings. The molecule has 2 atom stereocenters. The second-order valence-electron chi connectivity index (χ2n) is 6.38. The smallest absolute Gasteiger partial charge is 0.231 e. The summed E-state index contributed by atoms with van der Waals surface area (Å²) in [6.45, 7) is 3.91. The molecular weight excluding hydrogens is 286 g/mol. The maximum absolute atomic E-state index is 12.9. The van der Waals surface area contributed by atoms with Gasteiger partial charge in [-0.15, -0.1) is 0 Å². The number of piperidine rings is 1. The van der Waals surface area contributed by atoms with Gasteiger partial charge in [0.05, 0.1) is 22.3 Å². The van der Waals surface area contributed by atoms with Crippen LogP contribution in [0.5, 0.6) is 0 Å². The Labute approximate surface area is 131 Å². The molecule has 0 spiro atoms. The first-order valence-electron chi connectivity index (χ1n) is 7.59. The van der Waals surface area contributed by atoms with Gasteiger partial charge in [0.1, 0.15) is 0 Å². The van der Waals surface area contributed by atoms with Crippen LogP contribution < -0.4 is 4.90 Å². The molecule has 5 heteroatoms. The lowest BCUT2D eigenvalue weighted by molar-refractivity contribution is -0.125. The third-order valence-corrected chi connectivity index (χ3v) is 5.40. The number of halogens is 1. The predicted octanol–water partition coefficient (Wildman–Crippen LogP) is 2.52. The largest absolute Gasteiger partial charge is 0.313 e. The van der Waals surface area contributed by atoms with Crippen LogP contribution in [-0.2, 0) is 11.2 Å². The monoisotopic (exact) mass is 307 g/mol. The lowest BCUT2D eigenvalue weighted by Crippen LogP contribution is -2.48. The number of fused-ring (bicyclic) bond motifs is 2. The molecule has 1 aromatic heterocycles. The normalized spacial score (nSPS) is 26.9. The Morgan fingerprint density at radius 2 is 2.10 bits per heavy atom. The molecule has 4 nitrogen and oxygen atoms in total. The number of pyridine rings is 1. The molecule has 1 saturated heterocycles. The molecule has 0 N–H and O–H groups in total. The molecule has 0 saturated carbocycles. The van der Waals surface area contributed by atoms with Crippen molar-refractivity contribution in [3.05, 3.63) is 22.5 Å². The van der Waals surface area contributed by atoms with Crippen LogP contribution in [0.3, 0.4) is 0 Å². The molecule has 114 valence electrons. The minimum Gasteiger partial charge on any atom is -0.313 e. The lowest BCUT2D eigenvalue weighted by Gasteiger charge is -2.40. The fraction of sp³-hybridized carbons (Fsp3) is 0.625. The van der Waals surface area contributed by atoms with Gasteiger partial charge in [-0.25, -0.2) is 0 Å². The summed E-state index contributed by atoms with van der Waals surface area (Å²) in [6, 6.07) is 0. The highest BCUT2D eigenvalue weighted by atomic mass is 35.5. The summed E-state index contributed by atoms with van der Waals surface area (Å²) in [5.74, 6) is 0.780. The average Bonchev–Trinajstić information content (AvgIpc) is 2.47. The Hall–Kier alpha value is -1.13. The first kappa shape index (κ1) is 14.8. The molecular formula is C16H22ClN3O. The topological polar surface area (TPSA) is 36.4 Å². The van der Waals surface area contributed by atoms with Gasteiger partial charge in [0.25, 0.3) is 0 Å². The van der Waals surface area contributed by atoms with Gasteiger partial charge < -0.3 is 9.80 Å². The molecule has 0 radical (unpaired) electrons. The number of carbonyl (C=O) groups is 1. The van der Waals surface area contributed by atoms with Crippen LogP contribution in [0.25, 0.3) is 0 Å². The first-order chi connectivity index (χ1) is 9.99. The van der Waals surface area contributed by atoms with Gasteiger partial charge in [0.2, 0.25) is 5.91 Å². The lowest BCUT2D eigenvalue weighted by atomic mass is 9.80. The number of nitrogens with zero attached hydrogens (tertiary/aromatic N) is 3. The summed E-state index contributed by atoms with van der Waals surface area (Å²) in [7, 11) is 3.96. The zero-order valence-corrected chi connectivity index (χ0v) is 13.7. The summed E-state index contributed by atoms with van der Waals surface area (Å²) in [4.78, 5) is 21.5. The molecule has 0 aromatic carbocycles. The molecule has 3 heterocycles. The van der Waals surface area contributed by atoms with Crippen LogP contribution in [0.4, 0.5) is 5.69 Å². The predicted molar refractivity (Wildman–Crippen MR) is 84.8 cm³/mol. The molecule has 2 aliphatic heterocycles. The van der Waals surface area contributed by atoms with Gasteiger partial charge in [-0.3, -0.25) is 9.78 Å². The molecule has 1 amide bonds.